The standard InChI is InChI=1S/C33H30ClF3N4O5/c1-16-7-18-8-19(10-24(27(18)39-12-16)45-13-26(36)37)30(42)40-14-33(44,20-4-5-20)25-11-21-29(46-15-32(21,2)31(38)43)28(41-25)17-3-6-23(35)22(34)9-17/h3,6-12,20,26,44H,4-5,13-15H2,1-2H3,(H2,38,43)(H,40,42)/t32-,33?/m0/s1. The number of pyridine rings is 2. The third-order valence-corrected chi connectivity index (χ3v) is 8.83. The molecule has 1 fully saturated rings. The van der Waals surface area contributed by atoms with E-state index in [4.69, 9.17) is 31.8 Å². The number of nitrogens with one attached hydrogen (secondary N) is 1. The number of primary amides is 1. The van der Waals surface area contributed by atoms with Gasteiger partial charge in [0.05, 0.1) is 17.3 Å². The Morgan fingerprint density at radius 1 is 1.24 bits per heavy atom. The zero-order chi connectivity index (χ0) is 33.0. The summed E-state index contributed by atoms with van der Waals surface area (Å²) in [6, 6.07) is 10.2. The van der Waals surface area contributed by atoms with Gasteiger partial charge in [-0.25, -0.2) is 18.2 Å². The van der Waals surface area contributed by atoms with Crippen LogP contribution in [0.5, 0.6) is 11.5 Å². The first-order chi connectivity index (χ1) is 21.8. The average molecular weight is 655 g/mol. The summed E-state index contributed by atoms with van der Waals surface area (Å²) in [6.07, 6.45) is 0.112. The Morgan fingerprint density at radius 2 is 2.00 bits per heavy atom. The van der Waals surface area contributed by atoms with Crippen LogP contribution in [0.3, 0.4) is 0 Å². The summed E-state index contributed by atoms with van der Waals surface area (Å²) in [5.41, 5.74) is 5.22. The van der Waals surface area contributed by atoms with E-state index >= 15 is 0 Å². The van der Waals surface area contributed by atoms with Crippen molar-refractivity contribution < 1.29 is 37.3 Å². The second-order valence-electron chi connectivity index (χ2n) is 12.0. The number of aromatic nitrogens is 2. The van der Waals surface area contributed by atoms with Gasteiger partial charge in [0.2, 0.25) is 5.91 Å². The van der Waals surface area contributed by atoms with Crippen molar-refractivity contribution in [2.75, 3.05) is 19.8 Å². The summed E-state index contributed by atoms with van der Waals surface area (Å²) < 4.78 is 51.2. The third kappa shape index (κ3) is 5.71. The molecule has 0 saturated heterocycles. The van der Waals surface area contributed by atoms with Gasteiger partial charge in [0, 0.05) is 28.3 Å². The van der Waals surface area contributed by atoms with Crippen molar-refractivity contribution in [3.05, 3.63) is 81.9 Å². The van der Waals surface area contributed by atoms with Crippen molar-refractivity contribution in [3.63, 3.8) is 0 Å². The number of carbonyl (C=O) groups excluding carboxylic acids is 2. The molecule has 46 heavy (non-hydrogen) atoms. The van der Waals surface area contributed by atoms with Crippen molar-refractivity contribution in [2.45, 2.75) is 44.1 Å². The second kappa shape index (κ2) is 11.7. The molecule has 1 unspecified atom stereocenters. The number of ether oxygens (including phenoxy) is 2. The Bertz CT molecular complexity index is 1890. The van der Waals surface area contributed by atoms with Crippen LogP contribution in [0.15, 0.2) is 48.7 Å². The molecule has 2 amide bonds. The van der Waals surface area contributed by atoms with E-state index < -0.39 is 41.7 Å². The van der Waals surface area contributed by atoms with E-state index in [-0.39, 0.29) is 52.5 Å². The molecule has 2 atom stereocenters. The molecule has 4 N–H and O–H groups in total. The van der Waals surface area contributed by atoms with Gasteiger partial charge in [-0.3, -0.25) is 14.6 Å². The highest BCUT2D eigenvalue weighted by atomic mass is 35.5. The first kappa shape index (κ1) is 31.6. The molecule has 0 spiro atoms. The molecular formula is C33H30ClF3N4O5. The lowest BCUT2D eigenvalue weighted by atomic mass is 9.81. The zero-order valence-electron chi connectivity index (χ0n) is 24.9. The number of aliphatic hydroxyl groups is 1. The van der Waals surface area contributed by atoms with Gasteiger partial charge < -0.3 is 25.6 Å². The first-order valence-electron chi connectivity index (χ1n) is 14.6. The molecule has 0 radical (unpaired) electrons. The predicted octanol–water partition coefficient (Wildman–Crippen LogP) is 5.20. The molecule has 2 aliphatic rings. The summed E-state index contributed by atoms with van der Waals surface area (Å²) in [4.78, 5) is 35.2. The van der Waals surface area contributed by atoms with E-state index in [0.717, 1.165) is 5.56 Å². The van der Waals surface area contributed by atoms with Crippen LogP contribution in [0.2, 0.25) is 5.02 Å². The number of halogens is 4. The smallest absolute Gasteiger partial charge is 0.272 e. The summed E-state index contributed by atoms with van der Waals surface area (Å²) in [5.74, 6) is -1.90. The monoisotopic (exact) mass is 654 g/mol. The number of hydrogen-bond acceptors (Lipinski definition) is 7. The Kier molecular flexibility index (Phi) is 8.06. The molecule has 2 aromatic heterocycles. The Morgan fingerprint density at radius 3 is 2.67 bits per heavy atom. The Hall–Kier alpha value is -4.42. The fourth-order valence-electron chi connectivity index (χ4n) is 5.69. The van der Waals surface area contributed by atoms with Crippen molar-refractivity contribution in [1.29, 1.82) is 0 Å². The van der Waals surface area contributed by atoms with E-state index in [1.54, 1.807) is 38.2 Å². The minimum absolute atomic E-state index is 0.0223. The van der Waals surface area contributed by atoms with Crippen LogP contribution in [-0.4, -0.2) is 53.1 Å². The lowest BCUT2D eigenvalue weighted by Gasteiger charge is -2.30. The topological polar surface area (TPSA) is 137 Å². The summed E-state index contributed by atoms with van der Waals surface area (Å²) in [6.45, 7) is 2.19. The van der Waals surface area contributed by atoms with E-state index in [2.05, 4.69) is 10.3 Å². The van der Waals surface area contributed by atoms with Crippen LogP contribution in [0.1, 0.15) is 46.9 Å². The quantitative estimate of drug-likeness (QED) is 0.214. The maximum Gasteiger partial charge on any atom is 0.272 e. The maximum atomic E-state index is 14.1. The molecule has 1 aliphatic heterocycles. The van der Waals surface area contributed by atoms with Gasteiger partial charge >= 0.3 is 0 Å². The maximum absolute atomic E-state index is 14.1. The number of amides is 2. The molecule has 6 rings (SSSR count). The summed E-state index contributed by atoms with van der Waals surface area (Å²) in [5, 5.41) is 15.3. The second-order valence-corrected chi connectivity index (χ2v) is 12.4. The summed E-state index contributed by atoms with van der Waals surface area (Å²) in [7, 11) is 0. The van der Waals surface area contributed by atoms with Crippen LogP contribution in [0.4, 0.5) is 13.2 Å². The third-order valence-electron chi connectivity index (χ3n) is 8.54. The minimum atomic E-state index is -2.73. The van der Waals surface area contributed by atoms with Crippen molar-refractivity contribution in [1.82, 2.24) is 15.3 Å². The summed E-state index contributed by atoms with van der Waals surface area (Å²) >= 11 is 6.08. The van der Waals surface area contributed by atoms with Gasteiger partial charge in [0.15, 0.2) is 0 Å². The molecule has 1 saturated carbocycles. The van der Waals surface area contributed by atoms with Crippen molar-refractivity contribution in [3.8, 4) is 22.8 Å². The van der Waals surface area contributed by atoms with E-state index in [1.807, 2.05) is 0 Å². The normalized spacial score (nSPS) is 18.6. The Labute approximate surface area is 266 Å². The van der Waals surface area contributed by atoms with Crippen LogP contribution in [0.25, 0.3) is 22.2 Å². The SMILES string of the molecule is Cc1cnc2c(OCC(F)F)cc(C(=O)NCC(O)(c3cc4c(c(-c5ccc(F)c(Cl)c5)n3)OC[C@]4(C)C(N)=O)C3CC3)cc2c1. The van der Waals surface area contributed by atoms with E-state index in [0.29, 0.717) is 34.9 Å². The highest BCUT2D eigenvalue weighted by molar-refractivity contribution is 6.31. The molecular weight excluding hydrogens is 625 g/mol. The molecule has 9 nitrogen and oxygen atoms in total. The molecule has 13 heteroatoms. The van der Waals surface area contributed by atoms with Gasteiger partial charge in [0.1, 0.15) is 52.8 Å². The number of fused-ring (bicyclic) bond motifs is 2. The number of rotatable bonds is 10. The molecule has 1 aliphatic carbocycles. The average Bonchev–Trinajstić information content (AvgIpc) is 3.82. The van der Waals surface area contributed by atoms with Crippen LogP contribution in [-0.2, 0) is 15.8 Å². The Balaban J connectivity index is 1.38. The lowest BCUT2D eigenvalue weighted by Crippen LogP contribution is -2.44. The number of benzene rings is 2. The number of hydrogen-bond donors (Lipinski definition) is 3. The zero-order valence-corrected chi connectivity index (χ0v) is 25.6. The number of carbonyl (C=O) groups is 2. The number of nitrogens with zero attached hydrogens (tertiary/aromatic N) is 2. The fraction of sp³-hybridized carbons (Fsp3) is 0.333. The van der Waals surface area contributed by atoms with Crippen LogP contribution < -0.4 is 20.5 Å². The lowest BCUT2D eigenvalue weighted by molar-refractivity contribution is -0.123. The van der Waals surface area contributed by atoms with Crippen molar-refractivity contribution >= 4 is 34.3 Å². The van der Waals surface area contributed by atoms with Crippen LogP contribution in [0, 0.1) is 18.7 Å². The van der Waals surface area contributed by atoms with E-state index in [9.17, 15) is 27.9 Å². The largest absolute Gasteiger partial charge is 0.489 e. The van der Waals surface area contributed by atoms with Gasteiger partial charge in [-0.05, 0) is 80.6 Å². The van der Waals surface area contributed by atoms with Gasteiger partial charge in [-0.2, -0.15) is 0 Å². The van der Waals surface area contributed by atoms with Gasteiger partial charge in [-0.15, -0.1) is 0 Å². The molecule has 2 aromatic carbocycles. The molecule has 3 heterocycles. The number of alkyl halides is 2. The number of nitrogens with two attached hydrogens (primary N) is 1. The first-order valence-corrected chi connectivity index (χ1v) is 14.9. The molecule has 240 valence electrons. The highest BCUT2D eigenvalue weighted by Crippen LogP contribution is 2.50. The fourth-order valence-corrected chi connectivity index (χ4v) is 5.87. The van der Waals surface area contributed by atoms with Gasteiger partial charge in [0.25, 0.3) is 12.3 Å². The molecule has 0 bridgehead atoms. The predicted molar refractivity (Wildman–Crippen MR) is 164 cm³/mol. The van der Waals surface area contributed by atoms with E-state index in [1.165, 1.54) is 24.3 Å². The molecule has 4 aromatic rings. The van der Waals surface area contributed by atoms with Crippen molar-refractivity contribution in [2.24, 2.45) is 11.7 Å². The highest BCUT2D eigenvalue weighted by Gasteiger charge is 2.50. The van der Waals surface area contributed by atoms with Crippen LogP contribution >= 0.6 is 11.6 Å². The number of aryl methyl sites for hydroxylation is 1. The van der Waals surface area contributed by atoms with Gasteiger partial charge in [-0.1, -0.05) is 11.6 Å². The minimum Gasteiger partial charge on any atom is -0.489 e.